The maximum Gasteiger partial charge on any atom is 0.380 e. The molecule has 0 fully saturated rings. The van der Waals surface area contributed by atoms with Crippen molar-refractivity contribution in [2.75, 3.05) is 7.11 Å². The van der Waals surface area contributed by atoms with E-state index in [0.717, 1.165) is 0 Å². The van der Waals surface area contributed by atoms with Crippen molar-refractivity contribution in [3.05, 3.63) is 17.1 Å². The lowest BCUT2D eigenvalue weighted by Gasteiger charge is -2.15. The van der Waals surface area contributed by atoms with Crippen LogP contribution in [0.15, 0.2) is 6.20 Å². The maximum absolute atomic E-state index is 11.0. The predicted molar refractivity (Wildman–Crippen MR) is 46.2 cm³/mol. The molecule has 0 aliphatic rings. The number of hydrogen-bond acceptors (Lipinski definition) is 4. The fourth-order valence-corrected chi connectivity index (χ4v) is 0.820. The summed E-state index contributed by atoms with van der Waals surface area (Å²) in [6.07, 6.45) is 1.35. The molecule has 1 heterocycles. The fraction of sp³-hybridized carbons (Fsp3) is 0.625. The molecule has 1 aromatic rings. The zero-order chi connectivity index (χ0) is 10.1. The summed E-state index contributed by atoms with van der Waals surface area (Å²) >= 11 is 0. The Morgan fingerprint density at radius 2 is 2.08 bits per heavy atom. The van der Waals surface area contributed by atoms with Crippen molar-refractivity contribution in [1.29, 1.82) is 0 Å². The Bertz CT molecular complexity index is 307. The minimum absolute atomic E-state index is 0.0995. The van der Waals surface area contributed by atoms with Crippen molar-refractivity contribution < 1.29 is 9.58 Å². The SMILES string of the molecule is COc1nc(C(C)(C)C)c[n+]([O-])n1. The van der Waals surface area contributed by atoms with Gasteiger partial charge in [0.25, 0.3) is 0 Å². The standard InChI is InChI=1S/C8H13N3O2/c1-8(2,3)6-5-11(12)10-7(9-6)13-4/h5H,1-4H3. The van der Waals surface area contributed by atoms with Crippen molar-refractivity contribution in [3.8, 4) is 6.01 Å². The summed E-state index contributed by atoms with van der Waals surface area (Å²) in [5, 5.41) is 14.5. The van der Waals surface area contributed by atoms with Crippen molar-refractivity contribution in [3.63, 3.8) is 0 Å². The molecule has 0 saturated carbocycles. The monoisotopic (exact) mass is 183 g/mol. The Hall–Kier alpha value is -1.39. The Balaban J connectivity index is 3.16. The van der Waals surface area contributed by atoms with Crippen LogP contribution in [0.4, 0.5) is 0 Å². The minimum atomic E-state index is -0.178. The Morgan fingerprint density at radius 1 is 1.46 bits per heavy atom. The third kappa shape index (κ3) is 2.27. The number of ether oxygens (including phenoxy) is 1. The van der Waals surface area contributed by atoms with Crippen LogP contribution in [0.3, 0.4) is 0 Å². The number of rotatable bonds is 1. The zero-order valence-electron chi connectivity index (χ0n) is 8.24. The Morgan fingerprint density at radius 3 is 2.54 bits per heavy atom. The smallest absolute Gasteiger partial charge is 0.380 e. The van der Waals surface area contributed by atoms with E-state index >= 15 is 0 Å². The Kier molecular flexibility index (Phi) is 2.36. The largest absolute Gasteiger partial charge is 0.594 e. The van der Waals surface area contributed by atoms with E-state index in [2.05, 4.69) is 10.1 Å². The molecule has 0 aliphatic heterocycles. The quantitative estimate of drug-likeness (QED) is 0.467. The maximum atomic E-state index is 11.0. The van der Waals surface area contributed by atoms with Gasteiger partial charge in [0.15, 0.2) is 0 Å². The highest BCUT2D eigenvalue weighted by Crippen LogP contribution is 2.19. The molecule has 0 unspecified atom stereocenters. The molecular formula is C8H13N3O2. The van der Waals surface area contributed by atoms with Gasteiger partial charge in [-0.15, -0.1) is 0 Å². The molecule has 5 nitrogen and oxygen atoms in total. The van der Waals surface area contributed by atoms with Crippen molar-refractivity contribution in [2.45, 2.75) is 26.2 Å². The lowest BCUT2D eigenvalue weighted by atomic mass is 9.93. The zero-order valence-corrected chi connectivity index (χ0v) is 8.24. The number of aromatic nitrogens is 3. The second kappa shape index (κ2) is 3.16. The molecule has 1 aromatic heterocycles. The van der Waals surface area contributed by atoms with Gasteiger partial charge in [-0.1, -0.05) is 25.6 Å². The molecular weight excluding hydrogens is 170 g/mol. The lowest BCUT2D eigenvalue weighted by molar-refractivity contribution is -0.671. The van der Waals surface area contributed by atoms with Gasteiger partial charge in [-0.3, -0.25) is 0 Å². The average Bonchev–Trinajstić information content (AvgIpc) is 2.01. The van der Waals surface area contributed by atoms with E-state index in [1.807, 2.05) is 20.8 Å². The van der Waals surface area contributed by atoms with E-state index in [1.165, 1.54) is 13.3 Å². The lowest BCUT2D eigenvalue weighted by Crippen LogP contribution is -2.34. The number of nitrogens with zero attached hydrogens (tertiary/aromatic N) is 3. The summed E-state index contributed by atoms with van der Waals surface area (Å²) in [7, 11) is 1.43. The third-order valence-corrected chi connectivity index (χ3v) is 1.58. The Labute approximate surface area is 77.0 Å². The molecule has 0 saturated heterocycles. The average molecular weight is 183 g/mol. The number of methoxy groups -OCH3 is 1. The van der Waals surface area contributed by atoms with Crippen LogP contribution in [-0.4, -0.2) is 17.2 Å². The van der Waals surface area contributed by atoms with Crippen LogP contribution < -0.4 is 9.58 Å². The topological polar surface area (TPSA) is 62.0 Å². The molecule has 0 spiro atoms. The van der Waals surface area contributed by atoms with Gasteiger partial charge in [-0.25, -0.2) is 0 Å². The second-order valence-corrected chi connectivity index (χ2v) is 3.77. The summed E-state index contributed by atoms with van der Waals surface area (Å²) in [5.74, 6) is 0. The second-order valence-electron chi connectivity index (χ2n) is 3.77. The van der Waals surface area contributed by atoms with Crippen LogP contribution in [0.1, 0.15) is 26.5 Å². The molecule has 0 aliphatic carbocycles. The summed E-state index contributed by atoms with van der Waals surface area (Å²) in [6, 6.07) is 0.0995. The summed E-state index contributed by atoms with van der Waals surface area (Å²) in [5.41, 5.74) is 0.483. The van der Waals surface area contributed by atoms with Gasteiger partial charge in [0.1, 0.15) is 5.69 Å². The van der Waals surface area contributed by atoms with Gasteiger partial charge in [-0.2, -0.15) is 4.98 Å². The van der Waals surface area contributed by atoms with Gasteiger partial charge in [-0.05, 0) is 0 Å². The van der Waals surface area contributed by atoms with E-state index in [1.54, 1.807) is 0 Å². The summed E-state index contributed by atoms with van der Waals surface area (Å²) < 4.78 is 4.79. The van der Waals surface area contributed by atoms with Crippen molar-refractivity contribution in [1.82, 2.24) is 10.1 Å². The van der Waals surface area contributed by atoms with Gasteiger partial charge in [0.2, 0.25) is 6.20 Å². The molecule has 0 N–H and O–H groups in total. The normalized spacial score (nSPS) is 11.4. The van der Waals surface area contributed by atoms with Crippen molar-refractivity contribution >= 4 is 0 Å². The van der Waals surface area contributed by atoms with Gasteiger partial charge in [0, 0.05) is 5.41 Å². The van der Waals surface area contributed by atoms with Crippen LogP contribution in [-0.2, 0) is 5.41 Å². The van der Waals surface area contributed by atoms with Crippen LogP contribution in [0.25, 0.3) is 0 Å². The van der Waals surface area contributed by atoms with Gasteiger partial charge in [0.05, 0.1) is 12.2 Å². The minimum Gasteiger partial charge on any atom is -0.594 e. The van der Waals surface area contributed by atoms with Crippen LogP contribution >= 0.6 is 0 Å². The third-order valence-electron chi connectivity index (χ3n) is 1.58. The highest BCUT2D eigenvalue weighted by molar-refractivity contribution is 5.07. The molecule has 0 aromatic carbocycles. The van der Waals surface area contributed by atoms with Gasteiger partial charge >= 0.3 is 6.01 Å². The molecule has 0 radical (unpaired) electrons. The van der Waals surface area contributed by atoms with E-state index < -0.39 is 0 Å². The first-order valence-electron chi connectivity index (χ1n) is 3.96. The molecule has 0 bridgehead atoms. The molecule has 13 heavy (non-hydrogen) atoms. The molecule has 72 valence electrons. The van der Waals surface area contributed by atoms with Gasteiger partial charge < -0.3 is 9.94 Å². The van der Waals surface area contributed by atoms with E-state index in [-0.39, 0.29) is 11.4 Å². The first-order chi connectivity index (χ1) is 5.93. The predicted octanol–water partition coefficient (Wildman–Crippen LogP) is 0.416. The summed E-state index contributed by atoms with van der Waals surface area (Å²) in [4.78, 5) is 4.53. The van der Waals surface area contributed by atoms with E-state index in [4.69, 9.17) is 4.74 Å². The van der Waals surface area contributed by atoms with Crippen molar-refractivity contribution in [2.24, 2.45) is 0 Å². The highest BCUT2D eigenvalue weighted by Gasteiger charge is 2.20. The number of hydrogen-bond donors (Lipinski definition) is 0. The van der Waals surface area contributed by atoms with Crippen LogP contribution in [0.2, 0.25) is 0 Å². The molecule has 1 rings (SSSR count). The molecule has 0 atom stereocenters. The van der Waals surface area contributed by atoms with E-state index in [0.29, 0.717) is 10.5 Å². The molecule has 5 heteroatoms. The highest BCUT2D eigenvalue weighted by atomic mass is 16.5. The first-order valence-corrected chi connectivity index (χ1v) is 3.96. The fourth-order valence-electron chi connectivity index (χ4n) is 0.820. The van der Waals surface area contributed by atoms with E-state index in [9.17, 15) is 5.21 Å². The summed E-state index contributed by atoms with van der Waals surface area (Å²) in [6.45, 7) is 5.90. The first kappa shape index (κ1) is 9.70. The van der Waals surface area contributed by atoms with Crippen LogP contribution in [0.5, 0.6) is 6.01 Å². The van der Waals surface area contributed by atoms with Crippen LogP contribution in [0, 0.1) is 5.21 Å². The molecule has 0 amide bonds.